The number of amidine groups is 1. The van der Waals surface area contributed by atoms with Crippen LogP contribution in [0.15, 0.2) is 40.3 Å². The molecule has 1 aromatic carbocycles. The van der Waals surface area contributed by atoms with E-state index in [2.05, 4.69) is 16.8 Å². The molecule has 2 aliphatic heterocycles. The van der Waals surface area contributed by atoms with Crippen molar-refractivity contribution in [3.8, 4) is 0 Å². The van der Waals surface area contributed by atoms with E-state index in [0.717, 1.165) is 42.2 Å². The number of likely N-dealkylation sites (tertiary alicyclic amines) is 1. The fourth-order valence-corrected chi connectivity index (χ4v) is 3.39. The molecule has 0 bridgehead atoms. The number of guanidine groups is 1. The van der Waals surface area contributed by atoms with Gasteiger partial charge in [0, 0.05) is 32.4 Å². The summed E-state index contributed by atoms with van der Waals surface area (Å²) in [5, 5.41) is 1.09. The number of hydrogen-bond donors (Lipinski definition) is 0. The van der Waals surface area contributed by atoms with Crippen molar-refractivity contribution in [1.29, 1.82) is 0 Å². The number of nitrogens with zero attached hydrogens (tertiary/aromatic N) is 4. The van der Waals surface area contributed by atoms with Gasteiger partial charge in [0.25, 0.3) is 0 Å². The van der Waals surface area contributed by atoms with Crippen molar-refractivity contribution in [2.24, 2.45) is 9.98 Å². The van der Waals surface area contributed by atoms with Crippen LogP contribution >= 0.6 is 11.8 Å². The molecule has 0 radical (unpaired) electrons. The van der Waals surface area contributed by atoms with Crippen LogP contribution in [0.1, 0.15) is 12.8 Å². The van der Waals surface area contributed by atoms with E-state index >= 15 is 0 Å². The summed E-state index contributed by atoms with van der Waals surface area (Å²) in [7, 11) is 2.10. The summed E-state index contributed by atoms with van der Waals surface area (Å²) < 4.78 is 0. The van der Waals surface area contributed by atoms with Crippen molar-refractivity contribution in [2.45, 2.75) is 12.8 Å². The monoisotopic (exact) mass is 288 g/mol. The fraction of sp³-hybridized carbons (Fsp3) is 0.467. The summed E-state index contributed by atoms with van der Waals surface area (Å²) in [6.07, 6.45) is 2.48. The summed E-state index contributed by atoms with van der Waals surface area (Å²) in [5.41, 5.74) is 0.976. The third-order valence-electron chi connectivity index (χ3n) is 3.55. The average Bonchev–Trinajstić information content (AvgIpc) is 3.12. The van der Waals surface area contributed by atoms with Gasteiger partial charge < -0.3 is 9.80 Å². The highest BCUT2D eigenvalue weighted by Crippen LogP contribution is 2.20. The first-order valence-corrected chi connectivity index (χ1v) is 8.13. The molecule has 2 aliphatic rings. The van der Waals surface area contributed by atoms with Gasteiger partial charge in [0.2, 0.25) is 5.96 Å². The predicted octanol–water partition coefficient (Wildman–Crippen LogP) is 2.80. The molecule has 0 N–H and O–H groups in total. The molecule has 0 saturated carbocycles. The normalized spacial score (nSPS) is 22.1. The second-order valence-electron chi connectivity index (χ2n) is 5.11. The van der Waals surface area contributed by atoms with Crippen molar-refractivity contribution in [3.63, 3.8) is 0 Å². The van der Waals surface area contributed by atoms with Crippen molar-refractivity contribution < 1.29 is 0 Å². The topological polar surface area (TPSA) is 31.2 Å². The van der Waals surface area contributed by atoms with Crippen LogP contribution in [0.3, 0.4) is 0 Å². The zero-order valence-corrected chi connectivity index (χ0v) is 12.6. The van der Waals surface area contributed by atoms with E-state index in [1.165, 1.54) is 12.8 Å². The molecule has 5 heteroatoms. The maximum Gasteiger partial charge on any atom is 0.228 e. The average molecular weight is 288 g/mol. The van der Waals surface area contributed by atoms with Crippen LogP contribution in [-0.2, 0) is 0 Å². The van der Waals surface area contributed by atoms with Crippen molar-refractivity contribution in [3.05, 3.63) is 30.3 Å². The summed E-state index contributed by atoms with van der Waals surface area (Å²) >= 11 is 1.82. The van der Waals surface area contributed by atoms with E-state index in [-0.39, 0.29) is 0 Å². The quantitative estimate of drug-likeness (QED) is 0.588. The van der Waals surface area contributed by atoms with Gasteiger partial charge in [-0.1, -0.05) is 30.0 Å². The molecule has 0 aliphatic carbocycles. The minimum absolute atomic E-state index is 0.866. The lowest BCUT2D eigenvalue weighted by Gasteiger charge is -2.18. The highest BCUT2D eigenvalue weighted by molar-refractivity contribution is 8.14. The van der Waals surface area contributed by atoms with Gasteiger partial charge in [-0.15, -0.1) is 0 Å². The Bertz CT molecular complexity index is 506. The lowest BCUT2D eigenvalue weighted by atomic mass is 10.3. The highest BCUT2D eigenvalue weighted by atomic mass is 32.2. The molecule has 4 nitrogen and oxygen atoms in total. The van der Waals surface area contributed by atoms with Gasteiger partial charge in [0.15, 0.2) is 5.17 Å². The van der Waals surface area contributed by atoms with Crippen LogP contribution in [-0.4, -0.2) is 53.4 Å². The van der Waals surface area contributed by atoms with Crippen molar-refractivity contribution in [2.75, 3.05) is 32.4 Å². The Kier molecular flexibility index (Phi) is 4.25. The Morgan fingerprint density at radius 1 is 1.10 bits per heavy atom. The minimum Gasteiger partial charge on any atom is -0.353 e. The highest BCUT2D eigenvalue weighted by Gasteiger charge is 2.20. The first-order valence-electron chi connectivity index (χ1n) is 7.14. The Hall–Kier alpha value is -1.49. The predicted molar refractivity (Wildman–Crippen MR) is 86.9 cm³/mol. The minimum atomic E-state index is 0.866. The molecule has 1 aromatic rings. The van der Waals surface area contributed by atoms with Gasteiger partial charge in [-0.2, -0.15) is 4.99 Å². The molecule has 3 rings (SSSR count). The van der Waals surface area contributed by atoms with Crippen molar-refractivity contribution in [1.82, 2.24) is 9.80 Å². The third-order valence-corrected chi connectivity index (χ3v) is 4.60. The number of aliphatic imine (C=N–C) groups is 2. The Balaban J connectivity index is 1.89. The van der Waals surface area contributed by atoms with E-state index in [1.807, 2.05) is 42.1 Å². The number of rotatable bonds is 1. The number of thioether (sulfide) groups is 1. The van der Waals surface area contributed by atoms with E-state index in [0.29, 0.717) is 0 Å². The molecule has 0 aromatic heterocycles. The van der Waals surface area contributed by atoms with Gasteiger partial charge in [0.1, 0.15) is 0 Å². The Labute approximate surface area is 124 Å². The van der Waals surface area contributed by atoms with Crippen molar-refractivity contribution >= 4 is 28.6 Å². The molecule has 0 amide bonds. The van der Waals surface area contributed by atoms with Crippen LogP contribution in [0.4, 0.5) is 5.69 Å². The zero-order chi connectivity index (χ0) is 13.8. The molecular formula is C15H20N4S. The lowest BCUT2D eigenvalue weighted by Crippen LogP contribution is -2.29. The molecule has 2 heterocycles. The Morgan fingerprint density at radius 2 is 1.85 bits per heavy atom. The molecule has 0 spiro atoms. The van der Waals surface area contributed by atoms with Crippen LogP contribution in [0.5, 0.6) is 0 Å². The van der Waals surface area contributed by atoms with Gasteiger partial charge >= 0.3 is 0 Å². The summed E-state index contributed by atoms with van der Waals surface area (Å²) in [5.74, 6) is 1.98. The van der Waals surface area contributed by atoms with Gasteiger partial charge in [0.05, 0.1) is 5.69 Å². The van der Waals surface area contributed by atoms with E-state index in [9.17, 15) is 0 Å². The lowest BCUT2D eigenvalue weighted by molar-refractivity contribution is 0.510. The number of para-hydroxylation sites is 1. The molecular weight excluding hydrogens is 268 g/mol. The third kappa shape index (κ3) is 3.15. The van der Waals surface area contributed by atoms with Crippen LogP contribution < -0.4 is 0 Å². The fourth-order valence-electron chi connectivity index (χ4n) is 2.38. The van der Waals surface area contributed by atoms with Crippen LogP contribution in [0, 0.1) is 0 Å². The maximum absolute atomic E-state index is 4.82. The van der Waals surface area contributed by atoms with Gasteiger partial charge in [-0.05, 0) is 25.0 Å². The maximum atomic E-state index is 4.82. The van der Waals surface area contributed by atoms with Gasteiger partial charge in [-0.25, -0.2) is 4.99 Å². The second-order valence-corrected chi connectivity index (χ2v) is 6.17. The molecule has 20 heavy (non-hydrogen) atoms. The Morgan fingerprint density at radius 3 is 2.50 bits per heavy atom. The van der Waals surface area contributed by atoms with Crippen LogP contribution in [0.2, 0.25) is 0 Å². The van der Waals surface area contributed by atoms with Crippen LogP contribution in [0.25, 0.3) is 0 Å². The molecule has 0 atom stereocenters. The summed E-state index contributed by atoms with van der Waals surface area (Å²) in [6.45, 7) is 3.20. The SMILES string of the molecule is CN1CCS/C1=N/C(=N/c1ccccc1)N1CCCC1. The first kappa shape index (κ1) is 13.5. The zero-order valence-electron chi connectivity index (χ0n) is 11.8. The second kappa shape index (κ2) is 6.31. The van der Waals surface area contributed by atoms with E-state index in [1.54, 1.807) is 0 Å². The smallest absolute Gasteiger partial charge is 0.228 e. The molecule has 0 unspecified atom stereocenters. The number of hydrogen-bond acceptors (Lipinski definition) is 2. The standard InChI is InChI=1S/C15H20N4S/c1-18-11-12-20-15(18)17-14(19-9-5-6-10-19)16-13-7-3-2-4-8-13/h2-4,7-8H,5-6,9-12H2,1H3/b16-14-,17-15+. The van der Waals surface area contributed by atoms with Gasteiger partial charge in [-0.3, -0.25) is 0 Å². The summed E-state index contributed by atoms with van der Waals surface area (Å²) in [4.78, 5) is 14.1. The molecule has 106 valence electrons. The largest absolute Gasteiger partial charge is 0.353 e. The van der Waals surface area contributed by atoms with E-state index in [4.69, 9.17) is 9.98 Å². The summed E-state index contributed by atoms with van der Waals surface area (Å²) in [6, 6.07) is 10.1. The number of benzene rings is 1. The molecule has 2 saturated heterocycles. The van der Waals surface area contributed by atoms with E-state index < -0.39 is 0 Å². The first-order chi connectivity index (χ1) is 9.83. The molecule has 2 fully saturated rings.